The standard InChI is InChI=1S/C22H27ClFN3O3S/c1-15-4-3-11-27(14-15)16(2)13-25-22(28)20-12-19(9-10-21(20)23)31(29,30)26-18-7-5-17(24)6-8-18/h5-10,12,15-16,26H,3-4,11,13-14H2,1-2H3,(H,25,28). The van der Waals surface area contributed by atoms with E-state index in [1.54, 1.807) is 0 Å². The van der Waals surface area contributed by atoms with Gasteiger partial charge in [-0.2, -0.15) is 0 Å². The first kappa shape index (κ1) is 23.5. The molecule has 2 N–H and O–H groups in total. The highest BCUT2D eigenvalue weighted by atomic mass is 35.5. The topological polar surface area (TPSA) is 78.5 Å². The first-order valence-corrected chi connectivity index (χ1v) is 12.1. The van der Waals surface area contributed by atoms with Gasteiger partial charge in [-0.3, -0.25) is 14.4 Å². The van der Waals surface area contributed by atoms with Crippen LogP contribution < -0.4 is 10.0 Å². The Labute approximate surface area is 187 Å². The lowest BCUT2D eigenvalue weighted by atomic mass is 9.99. The molecule has 6 nitrogen and oxygen atoms in total. The second kappa shape index (κ2) is 9.97. The van der Waals surface area contributed by atoms with Gasteiger partial charge in [-0.15, -0.1) is 0 Å². The van der Waals surface area contributed by atoms with Crippen LogP contribution in [0.1, 0.15) is 37.0 Å². The Hall–Kier alpha value is -2.16. The number of amides is 1. The van der Waals surface area contributed by atoms with Crippen molar-refractivity contribution in [3.63, 3.8) is 0 Å². The minimum Gasteiger partial charge on any atom is -0.350 e. The molecule has 1 heterocycles. The van der Waals surface area contributed by atoms with Crippen molar-refractivity contribution in [1.29, 1.82) is 0 Å². The first-order chi connectivity index (χ1) is 14.7. The maximum atomic E-state index is 13.1. The van der Waals surface area contributed by atoms with E-state index in [1.165, 1.54) is 36.8 Å². The SMILES string of the molecule is CC1CCCN(C(C)CNC(=O)c2cc(S(=O)(=O)Nc3ccc(F)cc3)ccc2Cl)C1. The highest BCUT2D eigenvalue weighted by Crippen LogP contribution is 2.23. The van der Waals surface area contributed by atoms with Crippen LogP contribution in [0.4, 0.5) is 10.1 Å². The van der Waals surface area contributed by atoms with Gasteiger partial charge in [0.05, 0.1) is 15.5 Å². The summed E-state index contributed by atoms with van der Waals surface area (Å²) in [6.07, 6.45) is 2.37. The summed E-state index contributed by atoms with van der Waals surface area (Å²) in [4.78, 5) is 15.0. The molecule has 1 aliphatic rings. The largest absolute Gasteiger partial charge is 0.350 e. The number of hydrogen-bond donors (Lipinski definition) is 2. The molecule has 168 valence electrons. The molecule has 0 aliphatic carbocycles. The molecule has 0 radical (unpaired) electrons. The van der Waals surface area contributed by atoms with Crippen molar-refractivity contribution in [2.24, 2.45) is 5.92 Å². The van der Waals surface area contributed by atoms with Gasteiger partial charge in [0.15, 0.2) is 0 Å². The van der Waals surface area contributed by atoms with Crippen LogP contribution in [0.2, 0.25) is 5.02 Å². The summed E-state index contributed by atoms with van der Waals surface area (Å²) in [5.74, 6) is -0.265. The Morgan fingerprint density at radius 1 is 1.26 bits per heavy atom. The van der Waals surface area contributed by atoms with Crippen molar-refractivity contribution in [2.45, 2.75) is 37.6 Å². The quantitative estimate of drug-likeness (QED) is 0.641. The van der Waals surface area contributed by atoms with Crippen molar-refractivity contribution in [1.82, 2.24) is 10.2 Å². The molecule has 0 saturated carbocycles. The molecule has 0 aromatic heterocycles. The number of nitrogens with zero attached hydrogens (tertiary/aromatic N) is 1. The molecule has 9 heteroatoms. The van der Waals surface area contributed by atoms with E-state index < -0.39 is 21.7 Å². The van der Waals surface area contributed by atoms with E-state index in [2.05, 4.69) is 28.8 Å². The van der Waals surface area contributed by atoms with E-state index in [1.807, 2.05) is 0 Å². The van der Waals surface area contributed by atoms with Crippen molar-refractivity contribution in [3.05, 3.63) is 58.9 Å². The summed E-state index contributed by atoms with van der Waals surface area (Å²) in [6, 6.07) is 9.06. The van der Waals surface area contributed by atoms with Gasteiger partial charge in [-0.05, 0) is 74.7 Å². The second-order valence-electron chi connectivity index (χ2n) is 8.06. The predicted octanol–water partition coefficient (Wildman–Crippen LogP) is 4.13. The average molecular weight is 468 g/mol. The van der Waals surface area contributed by atoms with Crippen LogP contribution in [-0.2, 0) is 10.0 Å². The Bertz CT molecular complexity index is 1030. The number of likely N-dealkylation sites (tertiary alicyclic amines) is 1. The lowest BCUT2D eigenvalue weighted by molar-refractivity contribution is 0.0917. The number of carbonyl (C=O) groups excluding carboxylic acids is 1. The van der Waals surface area contributed by atoms with Gasteiger partial charge in [0, 0.05) is 24.8 Å². The number of nitrogens with one attached hydrogen (secondary N) is 2. The van der Waals surface area contributed by atoms with Crippen LogP contribution in [0.15, 0.2) is 47.4 Å². The molecule has 2 unspecified atom stereocenters. The van der Waals surface area contributed by atoms with Gasteiger partial charge < -0.3 is 5.32 Å². The van der Waals surface area contributed by atoms with Crippen LogP contribution in [0, 0.1) is 11.7 Å². The van der Waals surface area contributed by atoms with Crippen molar-refractivity contribution < 1.29 is 17.6 Å². The predicted molar refractivity (Wildman–Crippen MR) is 120 cm³/mol. The summed E-state index contributed by atoms with van der Waals surface area (Å²) in [5.41, 5.74) is 0.301. The molecule has 0 spiro atoms. The molecule has 1 aliphatic heterocycles. The Balaban J connectivity index is 1.69. The number of anilines is 1. The van der Waals surface area contributed by atoms with E-state index >= 15 is 0 Å². The number of carbonyl (C=O) groups is 1. The highest BCUT2D eigenvalue weighted by Gasteiger charge is 2.23. The summed E-state index contributed by atoms with van der Waals surface area (Å²) >= 11 is 6.17. The van der Waals surface area contributed by atoms with E-state index in [-0.39, 0.29) is 27.2 Å². The Morgan fingerprint density at radius 2 is 1.97 bits per heavy atom. The third-order valence-corrected chi connectivity index (χ3v) is 7.17. The first-order valence-electron chi connectivity index (χ1n) is 10.3. The molecule has 0 bridgehead atoms. The third-order valence-electron chi connectivity index (χ3n) is 5.46. The van der Waals surface area contributed by atoms with Crippen molar-refractivity contribution in [2.75, 3.05) is 24.4 Å². The number of sulfonamides is 1. The molecule has 1 amide bonds. The summed E-state index contributed by atoms with van der Waals surface area (Å²) in [7, 11) is -3.97. The number of benzene rings is 2. The number of piperidine rings is 1. The average Bonchev–Trinajstić information content (AvgIpc) is 2.73. The monoisotopic (exact) mass is 467 g/mol. The zero-order valence-corrected chi connectivity index (χ0v) is 19.1. The lowest BCUT2D eigenvalue weighted by Crippen LogP contribution is -2.46. The van der Waals surface area contributed by atoms with Crippen LogP contribution in [0.5, 0.6) is 0 Å². The number of hydrogen-bond acceptors (Lipinski definition) is 4. The molecule has 2 aromatic rings. The van der Waals surface area contributed by atoms with Crippen LogP contribution in [0.25, 0.3) is 0 Å². The second-order valence-corrected chi connectivity index (χ2v) is 10.1. The third kappa shape index (κ3) is 6.18. The molecule has 1 saturated heterocycles. The molecule has 3 rings (SSSR count). The summed E-state index contributed by atoms with van der Waals surface area (Å²) in [5, 5.41) is 3.03. The molecule has 31 heavy (non-hydrogen) atoms. The number of halogens is 2. The fourth-order valence-electron chi connectivity index (χ4n) is 3.67. The van der Waals surface area contributed by atoms with Crippen molar-refractivity contribution >= 4 is 33.2 Å². The summed E-state index contributed by atoms with van der Waals surface area (Å²) < 4.78 is 40.8. The van der Waals surface area contributed by atoms with Crippen LogP contribution >= 0.6 is 11.6 Å². The maximum absolute atomic E-state index is 13.1. The van der Waals surface area contributed by atoms with Gasteiger partial charge in [0.1, 0.15) is 5.82 Å². The Kier molecular flexibility index (Phi) is 7.56. The van der Waals surface area contributed by atoms with E-state index in [9.17, 15) is 17.6 Å². The van der Waals surface area contributed by atoms with E-state index in [4.69, 9.17) is 11.6 Å². The van der Waals surface area contributed by atoms with Crippen molar-refractivity contribution in [3.8, 4) is 0 Å². The molecule has 1 fully saturated rings. The Morgan fingerprint density at radius 3 is 2.65 bits per heavy atom. The fraction of sp³-hybridized carbons (Fsp3) is 0.409. The van der Waals surface area contributed by atoms with Crippen LogP contribution in [-0.4, -0.2) is 44.9 Å². The van der Waals surface area contributed by atoms with E-state index in [0.717, 1.165) is 31.6 Å². The zero-order chi connectivity index (χ0) is 22.6. The minimum absolute atomic E-state index is 0.0860. The van der Waals surface area contributed by atoms with E-state index in [0.29, 0.717) is 12.5 Å². The van der Waals surface area contributed by atoms with Gasteiger partial charge >= 0.3 is 0 Å². The lowest BCUT2D eigenvalue weighted by Gasteiger charge is -2.35. The van der Waals surface area contributed by atoms with Gasteiger partial charge in [-0.25, -0.2) is 12.8 Å². The molecular weight excluding hydrogens is 441 g/mol. The number of rotatable bonds is 7. The molecule has 2 atom stereocenters. The van der Waals surface area contributed by atoms with Gasteiger partial charge in [-0.1, -0.05) is 18.5 Å². The zero-order valence-electron chi connectivity index (χ0n) is 17.6. The summed E-state index contributed by atoms with van der Waals surface area (Å²) in [6.45, 7) is 6.73. The molecular formula is C22H27ClFN3O3S. The molecule has 2 aromatic carbocycles. The highest BCUT2D eigenvalue weighted by molar-refractivity contribution is 7.92. The minimum atomic E-state index is -3.97. The maximum Gasteiger partial charge on any atom is 0.261 e. The van der Waals surface area contributed by atoms with Crippen LogP contribution in [0.3, 0.4) is 0 Å². The fourth-order valence-corrected chi connectivity index (χ4v) is 4.96. The van der Waals surface area contributed by atoms with Gasteiger partial charge in [0.25, 0.3) is 15.9 Å². The normalized spacial score (nSPS) is 18.4. The van der Waals surface area contributed by atoms with Gasteiger partial charge in [0.2, 0.25) is 0 Å². The smallest absolute Gasteiger partial charge is 0.261 e.